The minimum absolute atomic E-state index is 0.111. The number of aliphatic hydroxyl groups excluding tert-OH is 1. The Kier molecular flexibility index (Phi) is 7.57. The van der Waals surface area contributed by atoms with Crippen LogP contribution in [0.1, 0.15) is 29.7 Å². The molecule has 34 heavy (non-hydrogen) atoms. The van der Waals surface area contributed by atoms with Gasteiger partial charge in [0.15, 0.2) is 6.10 Å². The highest BCUT2D eigenvalue weighted by atomic mass is 16.5. The molecule has 0 spiro atoms. The molecular weight excluding hydrogens is 430 g/mol. The fourth-order valence-electron chi connectivity index (χ4n) is 4.02. The summed E-state index contributed by atoms with van der Waals surface area (Å²) in [6.45, 7) is 2.48. The van der Waals surface area contributed by atoms with Gasteiger partial charge in [-0.15, -0.1) is 0 Å². The lowest BCUT2D eigenvalue weighted by molar-refractivity contribution is -0.144. The molecule has 0 fully saturated rings. The topological polar surface area (TPSA) is 107 Å². The van der Waals surface area contributed by atoms with E-state index in [2.05, 4.69) is 22.2 Å². The minimum atomic E-state index is -1.00. The van der Waals surface area contributed by atoms with Crippen molar-refractivity contribution in [3.8, 4) is 5.75 Å². The summed E-state index contributed by atoms with van der Waals surface area (Å²) in [6.07, 6.45) is 4.67. The highest BCUT2D eigenvalue weighted by Crippen LogP contribution is 2.29. The summed E-state index contributed by atoms with van der Waals surface area (Å²) >= 11 is 0. The number of carboxylic acid groups (broad SMARTS) is 1. The quantitative estimate of drug-likeness (QED) is 0.271. The van der Waals surface area contributed by atoms with Crippen molar-refractivity contribution in [3.05, 3.63) is 95.9 Å². The van der Waals surface area contributed by atoms with Gasteiger partial charge in [-0.25, -0.2) is 4.79 Å². The van der Waals surface area contributed by atoms with Gasteiger partial charge in [0.05, 0.1) is 11.6 Å². The first-order valence-electron chi connectivity index (χ1n) is 11.3. The Morgan fingerprint density at radius 3 is 2.65 bits per heavy atom. The van der Waals surface area contributed by atoms with Crippen LogP contribution in [-0.2, 0) is 17.6 Å². The van der Waals surface area contributed by atoms with Crippen LogP contribution in [0.25, 0.3) is 10.9 Å². The molecule has 7 nitrogen and oxygen atoms in total. The highest BCUT2D eigenvalue weighted by Gasteiger charge is 2.22. The molecule has 0 amide bonds. The van der Waals surface area contributed by atoms with Crippen molar-refractivity contribution in [3.63, 3.8) is 0 Å². The van der Waals surface area contributed by atoms with Crippen molar-refractivity contribution < 1.29 is 19.7 Å². The van der Waals surface area contributed by atoms with E-state index in [0.717, 1.165) is 34.0 Å². The number of ether oxygens (including phenoxy) is 1. The Morgan fingerprint density at radius 1 is 1.09 bits per heavy atom. The van der Waals surface area contributed by atoms with Gasteiger partial charge in [0.2, 0.25) is 0 Å². The van der Waals surface area contributed by atoms with E-state index in [1.807, 2.05) is 60.8 Å². The summed E-state index contributed by atoms with van der Waals surface area (Å²) in [6, 6.07) is 18.9. The summed E-state index contributed by atoms with van der Waals surface area (Å²) < 4.78 is 5.95. The van der Waals surface area contributed by atoms with Gasteiger partial charge >= 0.3 is 5.97 Å². The molecule has 0 aliphatic rings. The number of hydrogen-bond donors (Lipinski definition) is 4. The smallest absolute Gasteiger partial charge is 0.345 e. The molecule has 7 heteroatoms. The number of hydrogen-bond acceptors (Lipinski definition) is 5. The average Bonchev–Trinajstić information content (AvgIpc) is 3.26. The second-order valence-electron chi connectivity index (χ2n) is 8.44. The third kappa shape index (κ3) is 5.81. The van der Waals surface area contributed by atoms with Crippen LogP contribution in [0.2, 0.25) is 0 Å². The molecule has 2 aromatic carbocycles. The van der Waals surface area contributed by atoms with Gasteiger partial charge in [-0.2, -0.15) is 0 Å². The van der Waals surface area contributed by atoms with Crippen LogP contribution in [0, 0.1) is 0 Å². The molecule has 0 bridgehead atoms. The number of benzene rings is 2. The van der Waals surface area contributed by atoms with Gasteiger partial charge in [-0.1, -0.05) is 48.5 Å². The Labute approximate surface area is 198 Å². The molecule has 3 atom stereocenters. The number of aliphatic hydroxyl groups is 1. The first-order valence-corrected chi connectivity index (χ1v) is 11.3. The molecule has 0 aliphatic heterocycles. The van der Waals surface area contributed by atoms with E-state index in [-0.39, 0.29) is 12.5 Å². The number of nitrogens with zero attached hydrogens (tertiary/aromatic N) is 1. The molecule has 0 aliphatic carbocycles. The third-order valence-electron chi connectivity index (χ3n) is 5.83. The maximum Gasteiger partial charge on any atom is 0.345 e. The standard InChI is InChI=1S/C27H29N3O4/c1-18(29-17-23(31)20-9-6-12-28-15-20)13-21-16-30-26-22(21)10-5-11-24(26)34-25(27(32)33)14-19-7-3-2-4-8-19/h2-12,15-16,18,23,25,29-31H,13-14,17H2,1H3,(H,32,33)/t18-,23+,25+/m1/s1. The lowest BCUT2D eigenvalue weighted by atomic mass is 10.0. The number of rotatable bonds is 11. The number of nitrogens with one attached hydrogen (secondary N) is 2. The first kappa shape index (κ1) is 23.5. The van der Waals surface area contributed by atoms with Crippen molar-refractivity contribution >= 4 is 16.9 Å². The first-order chi connectivity index (χ1) is 16.5. The van der Waals surface area contributed by atoms with E-state index in [1.165, 1.54) is 0 Å². The number of pyridine rings is 1. The van der Waals surface area contributed by atoms with Crippen molar-refractivity contribution in [1.82, 2.24) is 15.3 Å². The van der Waals surface area contributed by atoms with E-state index in [0.29, 0.717) is 12.3 Å². The molecule has 176 valence electrons. The Hall–Kier alpha value is -3.68. The summed E-state index contributed by atoms with van der Waals surface area (Å²) in [5.74, 6) is -0.489. The number of aliphatic carboxylic acids is 1. The van der Waals surface area contributed by atoms with Crippen molar-refractivity contribution in [2.75, 3.05) is 6.54 Å². The molecule has 4 rings (SSSR count). The van der Waals surface area contributed by atoms with Crippen LogP contribution in [-0.4, -0.2) is 44.8 Å². The lowest BCUT2D eigenvalue weighted by Crippen LogP contribution is -2.32. The molecule has 0 saturated carbocycles. The number of para-hydroxylation sites is 1. The fraction of sp³-hybridized carbons (Fsp3) is 0.259. The van der Waals surface area contributed by atoms with Crippen LogP contribution in [0.3, 0.4) is 0 Å². The summed E-state index contributed by atoms with van der Waals surface area (Å²) in [5.41, 5.74) is 3.55. The van der Waals surface area contributed by atoms with E-state index in [1.54, 1.807) is 18.5 Å². The lowest BCUT2D eigenvalue weighted by Gasteiger charge is -2.17. The van der Waals surface area contributed by atoms with Crippen molar-refractivity contribution in [1.29, 1.82) is 0 Å². The zero-order valence-electron chi connectivity index (χ0n) is 19.0. The summed E-state index contributed by atoms with van der Waals surface area (Å²) in [4.78, 5) is 19.2. The monoisotopic (exact) mass is 459 g/mol. The number of carboxylic acids is 1. The molecule has 0 saturated heterocycles. The van der Waals surface area contributed by atoms with Gasteiger partial charge in [-0.05, 0) is 36.6 Å². The molecule has 2 heterocycles. The number of H-pyrrole nitrogens is 1. The maximum atomic E-state index is 11.9. The van der Waals surface area contributed by atoms with Crippen LogP contribution in [0.15, 0.2) is 79.3 Å². The summed E-state index contributed by atoms with van der Waals surface area (Å²) in [5, 5.41) is 24.4. The SMILES string of the molecule is C[C@H](Cc1c[nH]c2c(O[C@@H](Cc3ccccc3)C(=O)O)cccc12)NC[C@H](O)c1cccnc1. The molecule has 0 radical (unpaired) electrons. The van der Waals surface area contributed by atoms with Gasteiger partial charge < -0.3 is 25.3 Å². The van der Waals surface area contributed by atoms with Crippen molar-refractivity contribution in [2.45, 2.75) is 38.0 Å². The van der Waals surface area contributed by atoms with Crippen LogP contribution in [0.4, 0.5) is 0 Å². The van der Waals surface area contributed by atoms with Gasteiger partial charge in [-0.3, -0.25) is 4.98 Å². The Morgan fingerprint density at radius 2 is 1.91 bits per heavy atom. The molecular formula is C27H29N3O4. The normalized spacial score (nSPS) is 13.9. The maximum absolute atomic E-state index is 11.9. The molecule has 4 aromatic rings. The predicted octanol–water partition coefficient (Wildman–Crippen LogP) is 3.89. The zero-order valence-corrected chi connectivity index (χ0v) is 19.0. The zero-order chi connectivity index (χ0) is 23.9. The van der Waals surface area contributed by atoms with Crippen LogP contribution in [0.5, 0.6) is 5.75 Å². The van der Waals surface area contributed by atoms with E-state index in [9.17, 15) is 15.0 Å². The minimum Gasteiger partial charge on any atom is -0.478 e. The fourth-order valence-corrected chi connectivity index (χ4v) is 4.02. The average molecular weight is 460 g/mol. The largest absolute Gasteiger partial charge is 0.478 e. The third-order valence-corrected chi connectivity index (χ3v) is 5.83. The van der Waals surface area contributed by atoms with Crippen molar-refractivity contribution in [2.24, 2.45) is 0 Å². The van der Waals surface area contributed by atoms with Gasteiger partial charge in [0, 0.05) is 48.5 Å². The molecule has 2 aromatic heterocycles. The van der Waals surface area contributed by atoms with Crippen LogP contribution >= 0.6 is 0 Å². The number of aromatic amines is 1. The Bertz CT molecular complexity index is 1210. The van der Waals surface area contributed by atoms with Crippen LogP contribution < -0.4 is 10.1 Å². The van der Waals surface area contributed by atoms with E-state index >= 15 is 0 Å². The second kappa shape index (κ2) is 11.0. The summed E-state index contributed by atoms with van der Waals surface area (Å²) in [7, 11) is 0. The van der Waals surface area contributed by atoms with Gasteiger partial charge in [0.25, 0.3) is 0 Å². The Balaban J connectivity index is 1.43. The van der Waals surface area contributed by atoms with E-state index < -0.39 is 18.2 Å². The number of aromatic nitrogens is 2. The number of carbonyl (C=O) groups is 1. The van der Waals surface area contributed by atoms with E-state index in [4.69, 9.17) is 4.74 Å². The molecule has 4 N–H and O–H groups in total. The second-order valence-corrected chi connectivity index (χ2v) is 8.44. The van der Waals surface area contributed by atoms with Gasteiger partial charge in [0.1, 0.15) is 5.75 Å². The highest BCUT2D eigenvalue weighted by molar-refractivity contribution is 5.88. The predicted molar refractivity (Wildman–Crippen MR) is 131 cm³/mol. The molecule has 0 unspecified atom stereocenters. The number of fused-ring (bicyclic) bond motifs is 1.